The highest BCUT2D eigenvalue weighted by Crippen LogP contribution is 2.21. The fraction of sp³-hybridized carbons (Fsp3) is 0.222. The zero-order valence-electron chi connectivity index (χ0n) is 15.0. The van der Waals surface area contributed by atoms with Crippen molar-refractivity contribution in [2.24, 2.45) is 5.10 Å². The first-order chi connectivity index (χ1) is 12.8. The molecule has 0 fully saturated rings. The Morgan fingerprint density at radius 2 is 1.85 bits per heavy atom. The van der Waals surface area contributed by atoms with Gasteiger partial charge in [-0.05, 0) is 30.3 Å². The van der Waals surface area contributed by atoms with Crippen molar-refractivity contribution in [3.63, 3.8) is 0 Å². The van der Waals surface area contributed by atoms with Crippen molar-refractivity contribution < 1.29 is 23.4 Å². The number of hydrazone groups is 1. The van der Waals surface area contributed by atoms with Crippen LogP contribution in [0, 0.1) is 0 Å². The Balaban J connectivity index is 2.17. The van der Waals surface area contributed by atoms with Gasteiger partial charge in [0.1, 0.15) is 11.5 Å². The van der Waals surface area contributed by atoms with Gasteiger partial charge < -0.3 is 10.2 Å². The number of nitrogens with one attached hydrogen (secondary N) is 1. The highest BCUT2D eigenvalue weighted by Gasteiger charge is 2.22. The molecule has 144 valence electrons. The van der Waals surface area contributed by atoms with Crippen LogP contribution in [0.4, 0.5) is 0 Å². The molecule has 0 saturated heterocycles. The monoisotopic (exact) mass is 391 g/mol. The number of hydrogen-bond acceptors (Lipinski definition) is 6. The number of sulfonamides is 1. The lowest BCUT2D eigenvalue weighted by molar-refractivity contribution is 0.0955. The minimum Gasteiger partial charge on any atom is -0.508 e. The molecule has 0 spiro atoms. The molecule has 2 rings (SSSR count). The van der Waals surface area contributed by atoms with E-state index in [1.54, 1.807) is 13.8 Å². The van der Waals surface area contributed by atoms with E-state index in [4.69, 9.17) is 0 Å². The molecule has 0 aliphatic heterocycles. The van der Waals surface area contributed by atoms with Gasteiger partial charge in [-0.1, -0.05) is 19.9 Å². The van der Waals surface area contributed by atoms with Crippen LogP contribution >= 0.6 is 0 Å². The van der Waals surface area contributed by atoms with E-state index in [0.717, 1.165) is 6.07 Å². The lowest BCUT2D eigenvalue weighted by Crippen LogP contribution is -2.30. The molecule has 8 nitrogen and oxygen atoms in total. The van der Waals surface area contributed by atoms with Gasteiger partial charge in [0, 0.05) is 30.3 Å². The second kappa shape index (κ2) is 8.65. The first kappa shape index (κ1) is 20.4. The fourth-order valence-electron chi connectivity index (χ4n) is 2.38. The summed E-state index contributed by atoms with van der Waals surface area (Å²) in [6.45, 7) is 4.14. The van der Waals surface area contributed by atoms with Crippen molar-refractivity contribution in [3.8, 4) is 11.5 Å². The lowest BCUT2D eigenvalue weighted by Gasteiger charge is -2.18. The van der Waals surface area contributed by atoms with E-state index in [2.05, 4.69) is 10.5 Å². The first-order valence-corrected chi connectivity index (χ1v) is 9.69. The summed E-state index contributed by atoms with van der Waals surface area (Å²) in [7, 11) is -3.67. The number of rotatable bonds is 7. The van der Waals surface area contributed by atoms with E-state index in [-0.39, 0.29) is 22.0 Å². The normalized spacial score (nSPS) is 11.8. The maximum absolute atomic E-state index is 12.5. The molecule has 1 amide bonds. The number of nitrogens with zero attached hydrogens (tertiary/aromatic N) is 2. The molecule has 0 atom stereocenters. The third kappa shape index (κ3) is 4.83. The van der Waals surface area contributed by atoms with Crippen LogP contribution in [0.25, 0.3) is 0 Å². The predicted molar refractivity (Wildman–Crippen MR) is 101 cm³/mol. The molecule has 0 unspecified atom stereocenters. The Morgan fingerprint density at radius 3 is 2.48 bits per heavy atom. The number of carbonyl (C=O) groups is 1. The highest BCUT2D eigenvalue weighted by molar-refractivity contribution is 7.89. The van der Waals surface area contributed by atoms with Crippen molar-refractivity contribution in [2.75, 3.05) is 13.1 Å². The van der Waals surface area contributed by atoms with Gasteiger partial charge in [-0.3, -0.25) is 4.79 Å². The Labute approximate surface area is 157 Å². The van der Waals surface area contributed by atoms with Crippen molar-refractivity contribution in [3.05, 3.63) is 53.6 Å². The summed E-state index contributed by atoms with van der Waals surface area (Å²) in [4.78, 5) is 12.3. The molecule has 0 aromatic heterocycles. The molecule has 0 bridgehead atoms. The zero-order chi connectivity index (χ0) is 20.0. The Bertz CT molecular complexity index is 953. The number of benzene rings is 2. The van der Waals surface area contributed by atoms with Crippen molar-refractivity contribution in [2.45, 2.75) is 18.7 Å². The first-order valence-electron chi connectivity index (χ1n) is 8.25. The SMILES string of the molecule is CCN(CC)S(=O)(=O)c1cccc(C(=O)N/N=C/c2ccc(O)cc2O)c1. The van der Waals surface area contributed by atoms with E-state index in [0.29, 0.717) is 18.7 Å². The van der Waals surface area contributed by atoms with Gasteiger partial charge in [-0.25, -0.2) is 13.8 Å². The molecule has 2 aromatic carbocycles. The molecule has 0 aliphatic carbocycles. The fourth-order valence-corrected chi connectivity index (χ4v) is 3.88. The summed E-state index contributed by atoms with van der Waals surface area (Å²) in [5, 5.41) is 22.6. The molecular formula is C18H21N3O5S. The average Bonchev–Trinajstić information content (AvgIpc) is 2.64. The van der Waals surface area contributed by atoms with E-state index in [1.165, 1.54) is 46.9 Å². The lowest BCUT2D eigenvalue weighted by atomic mass is 10.2. The van der Waals surface area contributed by atoms with Crippen LogP contribution in [-0.2, 0) is 10.0 Å². The highest BCUT2D eigenvalue weighted by atomic mass is 32.2. The summed E-state index contributed by atoms with van der Waals surface area (Å²) in [5.41, 5.74) is 2.71. The minimum atomic E-state index is -3.67. The quantitative estimate of drug-likeness (QED) is 0.492. The molecule has 3 N–H and O–H groups in total. The summed E-state index contributed by atoms with van der Waals surface area (Å²) >= 11 is 0. The van der Waals surface area contributed by atoms with E-state index in [1.807, 2.05) is 0 Å². The summed E-state index contributed by atoms with van der Waals surface area (Å²) in [6.07, 6.45) is 1.21. The number of phenolic OH excluding ortho intramolecular Hbond substituents is 2. The van der Waals surface area contributed by atoms with Crippen molar-refractivity contribution in [1.29, 1.82) is 0 Å². The maximum Gasteiger partial charge on any atom is 0.271 e. The Hall–Kier alpha value is -2.91. The van der Waals surface area contributed by atoms with Gasteiger partial charge in [0.25, 0.3) is 5.91 Å². The van der Waals surface area contributed by atoms with Gasteiger partial charge >= 0.3 is 0 Å². The van der Waals surface area contributed by atoms with Crippen LogP contribution in [-0.4, -0.2) is 48.1 Å². The smallest absolute Gasteiger partial charge is 0.271 e. The van der Waals surface area contributed by atoms with Crippen LogP contribution in [0.15, 0.2) is 52.5 Å². The zero-order valence-corrected chi connectivity index (χ0v) is 15.8. The third-order valence-electron chi connectivity index (χ3n) is 3.82. The molecule has 0 radical (unpaired) electrons. The van der Waals surface area contributed by atoms with E-state index in [9.17, 15) is 23.4 Å². The van der Waals surface area contributed by atoms with Crippen LogP contribution in [0.1, 0.15) is 29.8 Å². The molecule has 9 heteroatoms. The standard InChI is InChI=1S/C18H21N3O5S/c1-3-21(4-2)27(25,26)16-7-5-6-13(10-16)18(24)20-19-12-14-8-9-15(22)11-17(14)23/h5-12,22-23H,3-4H2,1-2H3,(H,20,24)/b19-12+. The van der Waals surface area contributed by atoms with E-state index < -0.39 is 15.9 Å². The summed E-state index contributed by atoms with van der Waals surface area (Å²) in [5.74, 6) is -0.888. The van der Waals surface area contributed by atoms with Crippen LogP contribution < -0.4 is 5.43 Å². The average molecular weight is 391 g/mol. The van der Waals surface area contributed by atoms with E-state index >= 15 is 0 Å². The van der Waals surface area contributed by atoms with Crippen molar-refractivity contribution >= 4 is 22.1 Å². The Morgan fingerprint density at radius 1 is 1.15 bits per heavy atom. The summed E-state index contributed by atoms with van der Waals surface area (Å²) < 4.78 is 26.4. The van der Waals surface area contributed by atoms with Gasteiger partial charge in [-0.2, -0.15) is 9.41 Å². The van der Waals surface area contributed by atoms with Crippen LogP contribution in [0.5, 0.6) is 11.5 Å². The number of amides is 1. The van der Waals surface area contributed by atoms with Gasteiger partial charge in [0.2, 0.25) is 10.0 Å². The predicted octanol–water partition coefficient (Wildman–Crippen LogP) is 1.89. The van der Waals surface area contributed by atoms with Crippen LogP contribution in [0.3, 0.4) is 0 Å². The number of aromatic hydroxyl groups is 2. The molecule has 27 heavy (non-hydrogen) atoms. The maximum atomic E-state index is 12.5. The topological polar surface area (TPSA) is 119 Å². The minimum absolute atomic E-state index is 0.0269. The Kier molecular flexibility index (Phi) is 6.54. The van der Waals surface area contributed by atoms with Gasteiger partial charge in [-0.15, -0.1) is 0 Å². The molecule has 0 saturated carbocycles. The third-order valence-corrected chi connectivity index (χ3v) is 5.87. The van der Waals surface area contributed by atoms with Crippen molar-refractivity contribution in [1.82, 2.24) is 9.73 Å². The van der Waals surface area contributed by atoms with Gasteiger partial charge in [0.05, 0.1) is 11.1 Å². The second-order valence-electron chi connectivity index (χ2n) is 5.56. The molecule has 2 aromatic rings. The molecular weight excluding hydrogens is 370 g/mol. The van der Waals surface area contributed by atoms with Crippen LogP contribution in [0.2, 0.25) is 0 Å². The second-order valence-corrected chi connectivity index (χ2v) is 7.50. The number of hydrogen-bond donors (Lipinski definition) is 3. The summed E-state index contributed by atoms with van der Waals surface area (Å²) in [6, 6.07) is 9.62. The number of phenols is 2. The largest absolute Gasteiger partial charge is 0.508 e. The molecule has 0 aliphatic rings. The number of carbonyl (C=O) groups excluding carboxylic acids is 1. The van der Waals surface area contributed by atoms with Gasteiger partial charge in [0.15, 0.2) is 0 Å². The molecule has 0 heterocycles.